The van der Waals surface area contributed by atoms with E-state index in [-0.39, 0.29) is 6.10 Å². The summed E-state index contributed by atoms with van der Waals surface area (Å²) >= 11 is 0. The Bertz CT molecular complexity index is 269. The number of hydrogen-bond acceptors (Lipinski definition) is 3. The number of halogens is 1. The fourth-order valence-electron chi connectivity index (χ4n) is 1.36. The third-order valence-electron chi connectivity index (χ3n) is 2.05. The average Bonchev–Trinajstić information content (AvgIpc) is 2.20. The van der Waals surface area contributed by atoms with E-state index in [1.165, 1.54) is 12.3 Å². The molecule has 1 aliphatic heterocycles. The van der Waals surface area contributed by atoms with Gasteiger partial charge in [0.05, 0.1) is 12.7 Å². The Balaban J connectivity index is 2.10. The van der Waals surface area contributed by atoms with E-state index >= 15 is 0 Å². The molecule has 1 aromatic rings. The van der Waals surface area contributed by atoms with Gasteiger partial charge in [-0.15, -0.1) is 0 Å². The number of rotatable bonds is 1. The number of aromatic nitrogens is 1. The topological polar surface area (TPSA) is 34.1 Å². The first-order chi connectivity index (χ1) is 6.36. The van der Waals surface area contributed by atoms with Crippen LogP contribution >= 0.6 is 0 Å². The van der Waals surface area contributed by atoms with Crippen LogP contribution in [0.4, 0.5) is 4.39 Å². The molecule has 2 heterocycles. The molecule has 2 rings (SSSR count). The van der Waals surface area contributed by atoms with Gasteiger partial charge in [-0.3, -0.25) is 0 Å². The summed E-state index contributed by atoms with van der Waals surface area (Å²) in [5.74, 6) is -0.451. The fraction of sp³-hybridized carbons (Fsp3) is 0.444. The lowest BCUT2D eigenvalue weighted by molar-refractivity contribution is 0.0274. The van der Waals surface area contributed by atoms with Gasteiger partial charge in [-0.1, -0.05) is 6.07 Å². The van der Waals surface area contributed by atoms with Crippen molar-refractivity contribution in [3.63, 3.8) is 0 Å². The van der Waals surface area contributed by atoms with E-state index in [1.807, 2.05) is 0 Å². The van der Waals surface area contributed by atoms with E-state index in [4.69, 9.17) is 4.74 Å². The third-order valence-corrected chi connectivity index (χ3v) is 2.05. The normalized spacial score (nSPS) is 23.0. The molecular weight excluding hydrogens is 171 g/mol. The Morgan fingerprint density at radius 3 is 3.08 bits per heavy atom. The standard InChI is InChI=1S/C9H11FN2O/c10-9-2-1-7(5-12-9)8-6-11-3-4-13-8/h1-2,5,8,11H,3-4,6H2. The summed E-state index contributed by atoms with van der Waals surface area (Å²) < 4.78 is 18.0. The Kier molecular flexibility index (Phi) is 2.52. The first-order valence-electron chi connectivity index (χ1n) is 4.30. The summed E-state index contributed by atoms with van der Waals surface area (Å²) in [7, 11) is 0. The third kappa shape index (κ3) is 2.02. The van der Waals surface area contributed by atoms with E-state index in [2.05, 4.69) is 10.3 Å². The maximum Gasteiger partial charge on any atom is 0.212 e. The molecule has 1 fully saturated rings. The van der Waals surface area contributed by atoms with Gasteiger partial charge in [-0.05, 0) is 6.07 Å². The zero-order valence-electron chi connectivity index (χ0n) is 7.16. The summed E-state index contributed by atoms with van der Waals surface area (Å²) in [6, 6.07) is 3.06. The van der Waals surface area contributed by atoms with Gasteiger partial charge in [-0.25, -0.2) is 4.98 Å². The predicted molar refractivity (Wildman–Crippen MR) is 45.8 cm³/mol. The van der Waals surface area contributed by atoms with Gasteiger partial charge in [0.2, 0.25) is 5.95 Å². The van der Waals surface area contributed by atoms with E-state index < -0.39 is 5.95 Å². The van der Waals surface area contributed by atoms with Crippen LogP contribution in [0.2, 0.25) is 0 Å². The smallest absolute Gasteiger partial charge is 0.212 e. The second-order valence-electron chi connectivity index (χ2n) is 2.98. The zero-order valence-corrected chi connectivity index (χ0v) is 7.16. The van der Waals surface area contributed by atoms with Gasteiger partial charge < -0.3 is 10.1 Å². The molecule has 70 valence electrons. The van der Waals surface area contributed by atoms with Crippen LogP contribution in [0, 0.1) is 5.95 Å². The molecule has 1 atom stereocenters. The van der Waals surface area contributed by atoms with Crippen LogP contribution in [-0.2, 0) is 4.74 Å². The van der Waals surface area contributed by atoms with Crippen molar-refractivity contribution in [1.82, 2.24) is 10.3 Å². The minimum Gasteiger partial charge on any atom is -0.371 e. The molecule has 1 unspecified atom stereocenters. The van der Waals surface area contributed by atoms with Crippen molar-refractivity contribution >= 4 is 0 Å². The Labute approximate surface area is 75.9 Å². The molecule has 1 aromatic heterocycles. The minimum absolute atomic E-state index is 0.0156. The number of nitrogens with zero attached hydrogens (tertiary/aromatic N) is 1. The van der Waals surface area contributed by atoms with Crippen LogP contribution in [0.3, 0.4) is 0 Å². The Morgan fingerprint density at radius 1 is 1.54 bits per heavy atom. The molecule has 4 heteroatoms. The summed E-state index contributed by atoms with van der Waals surface area (Å²) in [5, 5.41) is 3.20. The molecule has 0 amide bonds. The molecule has 0 bridgehead atoms. The lowest BCUT2D eigenvalue weighted by Gasteiger charge is -2.23. The lowest BCUT2D eigenvalue weighted by Crippen LogP contribution is -2.33. The molecule has 1 aliphatic rings. The number of morpholine rings is 1. The van der Waals surface area contributed by atoms with Gasteiger partial charge in [0.15, 0.2) is 0 Å². The monoisotopic (exact) mass is 182 g/mol. The van der Waals surface area contributed by atoms with E-state index in [0.717, 1.165) is 18.7 Å². The number of hydrogen-bond donors (Lipinski definition) is 1. The van der Waals surface area contributed by atoms with Crippen molar-refractivity contribution in [3.05, 3.63) is 29.8 Å². The summed E-state index contributed by atoms with van der Waals surface area (Å²) in [5.41, 5.74) is 0.925. The summed E-state index contributed by atoms with van der Waals surface area (Å²) in [6.45, 7) is 2.35. The molecule has 13 heavy (non-hydrogen) atoms. The maximum absolute atomic E-state index is 12.5. The molecule has 0 spiro atoms. The van der Waals surface area contributed by atoms with Crippen LogP contribution in [0.15, 0.2) is 18.3 Å². The highest BCUT2D eigenvalue weighted by molar-refractivity contribution is 5.13. The van der Waals surface area contributed by atoms with Crippen molar-refractivity contribution in [1.29, 1.82) is 0 Å². The summed E-state index contributed by atoms with van der Waals surface area (Å²) in [4.78, 5) is 3.58. The summed E-state index contributed by atoms with van der Waals surface area (Å²) in [6.07, 6.45) is 1.54. The molecule has 1 saturated heterocycles. The maximum atomic E-state index is 12.5. The highest BCUT2D eigenvalue weighted by atomic mass is 19.1. The molecule has 0 saturated carbocycles. The second kappa shape index (κ2) is 3.81. The molecule has 0 aliphatic carbocycles. The Morgan fingerprint density at radius 2 is 2.46 bits per heavy atom. The highest BCUT2D eigenvalue weighted by Crippen LogP contribution is 2.17. The number of ether oxygens (including phenoxy) is 1. The van der Waals surface area contributed by atoms with Crippen molar-refractivity contribution in [2.75, 3.05) is 19.7 Å². The quantitative estimate of drug-likeness (QED) is 0.655. The van der Waals surface area contributed by atoms with Gasteiger partial charge in [0.1, 0.15) is 0 Å². The van der Waals surface area contributed by atoms with Gasteiger partial charge in [-0.2, -0.15) is 4.39 Å². The largest absolute Gasteiger partial charge is 0.371 e. The average molecular weight is 182 g/mol. The van der Waals surface area contributed by atoms with Crippen LogP contribution in [0.5, 0.6) is 0 Å². The molecule has 0 aromatic carbocycles. The van der Waals surface area contributed by atoms with Crippen molar-refractivity contribution in [2.24, 2.45) is 0 Å². The Hall–Kier alpha value is -1.00. The van der Waals surface area contributed by atoms with Crippen LogP contribution in [-0.4, -0.2) is 24.7 Å². The van der Waals surface area contributed by atoms with Gasteiger partial charge in [0, 0.05) is 24.8 Å². The van der Waals surface area contributed by atoms with E-state index in [1.54, 1.807) is 6.07 Å². The second-order valence-corrected chi connectivity index (χ2v) is 2.98. The first kappa shape index (κ1) is 8.59. The highest BCUT2D eigenvalue weighted by Gasteiger charge is 2.15. The van der Waals surface area contributed by atoms with Crippen molar-refractivity contribution in [3.8, 4) is 0 Å². The number of nitrogens with one attached hydrogen (secondary N) is 1. The van der Waals surface area contributed by atoms with E-state index in [0.29, 0.717) is 6.61 Å². The fourth-order valence-corrected chi connectivity index (χ4v) is 1.36. The van der Waals surface area contributed by atoms with Crippen LogP contribution in [0.1, 0.15) is 11.7 Å². The van der Waals surface area contributed by atoms with E-state index in [9.17, 15) is 4.39 Å². The molecular formula is C9H11FN2O. The minimum atomic E-state index is -0.451. The first-order valence-corrected chi connectivity index (χ1v) is 4.30. The van der Waals surface area contributed by atoms with Crippen molar-refractivity contribution in [2.45, 2.75) is 6.10 Å². The van der Waals surface area contributed by atoms with Crippen LogP contribution in [0.25, 0.3) is 0 Å². The molecule has 3 nitrogen and oxygen atoms in total. The lowest BCUT2D eigenvalue weighted by atomic mass is 10.1. The zero-order chi connectivity index (χ0) is 9.10. The van der Waals surface area contributed by atoms with Gasteiger partial charge in [0.25, 0.3) is 0 Å². The van der Waals surface area contributed by atoms with Crippen LogP contribution < -0.4 is 5.32 Å². The van der Waals surface area contributed by atoms with Crippen molar-refractivity contribution < 1.29 is 9.13 Å². The van der Waals surface area contributed by atoms with Gasteiger partial charge >= 0.3 is 0 Å². The molecule has 0 radical (unpaired) electrons. The predicted octanol–water partition coefficient (Wildman–Crippen LogP) is 0.882. The molecule has 1 N–H and O–H groups in total. The number of pyridine rings is 1. The SMILES string of the molecule is Fc1ccc(C2CNCCO2)cn1.